The number of hydrogen-bond acceptors (Lipinski definition) is 5. The van der Waals surface area contributed by atoms with E-state index < -0.39 is 17.5 Å². The number of nitrogens with one attached hydrogen (secondary N) is 1. The zero-order chi connectivity index (χ0) is 22.8. The van der Waals surface area contributed by atoms with Gasteiger partial charge in [0.25, 0.3) is 0 Å². The van der Waals surface area contributed by atoms with Crippen LogP contribution in [-0.2, 0) is 5.66 Å². The van der Waals surface area contributed by atoms with E-state index in [-0.39, 0.29) is 22.8 Å². The fourth-order valence-electron chi connectivity index (χ4n) is 3.58. The van der Waals surface area contributed by atoms with Crippen LogP contribution in [0.15, 0.2) is 12.4 Å². The molecule has 7 nitrogen and oxygen atoms in total. The smallest absolute Gasteiger partial charge is 0.319 e. The molecule has 10 heteroatoms. The van der Waals surface area contributed by atoms with Gasteiger partial charge in [-0.05, 0) is 45.4 Å². The highest BCUT2D eigenvalue weighted by Gasteiger charge is 2.37. The number of alkyl halides is 2. The molecule has 0 radical (unpaired) electrons. The summed E-state index contributed by atoms with van der Waals surface area (Å²) in [6.07, 6.45) is 5.55. The zero-order valence-corrected chi connectivity index (χ0v) is 18.9. The molecule has 2 aromatic rings. The molecule has 168 valence electrons. The van der Waals surface area contributed by atoms with Gasteiger partial charge >= 0.3 is 5.66 Å². The summed E-state index contributed by atoms with van der Waals surface area (Å²) in [4.78, 5) is 12.1. The maximum absolute atomic E-state index is 13.5. The molecule has 0 aromatic carbocycles. The number of aryl methyl sites for hydroxylation is 1. The third-order valence-corrected chi connectivity index (χ3v) is 5.97. The summed E-state index contributed by atoms with van der Waals surface area (Å²) in [6, 6.07) is 0. The number of ether oxygens (including phenoxy) is 1. The van der Waals surface area contributed by atoms with Crippen LogP contribution in [-0.4, -0.2) is 32.3 Å². The topological polar surface area (TPSA) is 69.2 Å². The largest absolute Gasteiger partial charge is 0.476 e. The highest BCUT2D eigenvalue weighted by Crippen LogP contribution is 2.38. The Balaban J connectivity index is 1.63. The number of rotatable bonds is 7. The van der Waals surface area contributed by atoms with Gasteiger partial charge in [0.2, 0.25) is 17.8 Å². The first-order valence-corrected chi connectivity index (χ1v) is 10.6. The van der Waals surface area contributed by atoms with Gasteiger partial charge in [-0.15, -0.1) is 0 Å². The molecule has 1 saturated carbocycles. The highest BCUT2D eigenvalue weighted by atomic mass is 35.5. The summed E-state index contributed by atoms with van der Waals surface area (Å²) in [6.45, 7) is 14.1. The van der Waals surface area contributed by atoms with Crippen molar-refractivity contribution >= 4 is 23.2 Å². The summed E-state index contributed by atoms with van der Waals surface area (Å²) < 4.78 is 34.4. The van der Waals surface area contributed by atoms with Crippen LogP contribution in [0.25, 0.3) is 4.85 Å². The molecule has 2 aromatic heterocycles. The quantitative estimate of drug-likeness (QED) is 0.535. The van der Waals surface area contributed by atoms with Crippen LogP contribution < -0.4 is 10.1 Å². The first-order valence-electron chi connectivity index (χ1n) is 10.2. The average molecular weight is 453 g/mol. The minimum atomic E-state index is -2.63. The maximum Gasteiger partial charge on any atom is 0.319 e. The Labute approximate surface area is 186 Å². The van der Waals surface area contributed by atoms with Gasteiger partial charge in [-0.2, -0.15) is 14.8 Å². The molecule has 3 rings (SSSR count). The van der Waals surface area contributed by atoms with Crippen molar-refractivity contribution < 1.29 is 13.5 Å². The molecule has 2 heterocycles. The second-order valence-corrected chi connectivity index (χ2v) is 9.04. The van der Waals surface area contributed by atoms with Gasteiger partial charge in [0.15, 0.2) is 0 Å². The van der Waals surface area contributed by atoms with E-state index in [1.165, 1.54) is 6.20 Å². The van der Waals surface area contributed by atoms with Crippen LogP contribution in [0, 0.1) is 25.3 Å². The molecule has 0 saturated heterocycles. The Morgan fingerprint density at radius 1 is 1.29 bits per heavy atom. The fraction of sp³-hybridized carbons (Fsp3) is 0.619. The summed E-state index contributed by atoms with van der Waals surface area (Å²) in [5.74, 6) is -2.46. The van der Waals surface area contributed by atoms with Crippen molar-refractivity contribution in [3.05, 3.63) is 34.5 Å². The van der Waals surface area contributed by atoms with Gasteiger partial charge in [-0.3, -0.25) is 4.85 Å². The Morgan fingerprint density at radius 2 is 1.97 bits per heavy atom. The van der Waals surface area contributed by atoms with E-state index in [0.29, 0.717) is 43.7 Å². The minimum absolute atomic E-state index is 0.192. The van der Waals surface area contributed by atoms with Gasteiger partial charge in [-0.1, -0.05) is 11.6 Å². The Bertz CT molecular complexity index is 958. The molecule has 1 fully saturated rings. The van der Waals surface area contributed by atoms with E-state index in [1.54, 1.807) is 24.7 Å². The van der Waals surface area contributed by atoms with Crippen molar-refractivity contribution in [1.82, 2.24) is 19.7 Å². The number of nitrogens with zero attached hydrogens (tertiary/aromatic N) is 5. The first-order chi connectivity index (χ1) is 14.5. The predicted molar refractivity (Wildman–Crippen MR) is 115 cm³/mol. The first kappa shape index (κ1) is 23.2. The van der Waals surface area contributed by atoms with Gasteiger partial charge in [0.05, 0.1) is 30.4 Å². The van der Waals surface area contributed by atoms with Gasteiger partial charge in [0.1, 0.15) is 5.02 Å². The molecule has 31 heavy (non-hydrogen) atoms. The predicted octanol–water partition coefficient (Wildman–Crippen LogP) is 5.83. The van der Waals surface area contributed by atoms with Crippen LogP contribution in [0.3, 0.4) is 0 Å². The van der Waals surface area contributed by atoms with Gasteiger partial charge in [0, 0.05) is 19.8 Å². The second kappa shape index (κ2) is 8.95. The molecular weight excluding hydrogens is 426 g/mol. The van der Waals surface area contributed by atoms with Crippen molar-refractivity contribution in [3.8, 4) is 5.88 Å². The number of aromatic nitrogens is 4. The highest BCUT2D eigenvalue weighted by molar-refractivity contribution is 6.31. The van der Waals surface area contributed by atoms with Crippen molar-refractivity contribution in [2.24, 2.45) is 11.8 Å². The molecule has 0 bridgehead atoms. The monoisotopic (exact) mass is 452 g/mol. The standard InChI is InChI=1S/C21H27ClF2N6O/c1-13-17(11-30(29-13)20(2,3)25-5)27-19-26-10-16(22)18(28-19)31-12-14-6-8-15(9-7-14)21(4,23)24/h10-11,14-15H,6-9,12H2,1-4H3,(H,26,27,28). The lowest BCUT2D eigenvalue weighted by molar-refractivity contribution is -0.0596. The molecule has 1 N–H and O–H groups in total. The minimum Gasteiger partial charge on any atom is -0.476 e. The Kier molecular flexibility index (Phi) is 6.70. The van der Waals surface area contributed by atoms with Crippen LogP contribution in [0.2, 0.25) is 5.02 Å². The third-order valence-electron chi connectivity index (χ3n) is 5.71. The molecule has 0 atom stereocenters. The van der Waals surface area contributed by atoms with Gasteiger partial charge in [-0.25, -0.2) is 20.3 Å². The Morgan fingerprint density at radius 3 is 2.58 bits per heavy atom. The van der Waals surface area contributed by atoms with Crippen LogP contribution in [0.4, 0.5) is 20.4 Å². The van der Waals surface area contributed by atoms with Crippen molar-refractivity contribution in [2.75, 3.05) is 11.9 Å². The van der Waals surface area contributed by atoms with E-state index in [4.69, 9.17) is 22.9 Å². The maximum atomic E-state index is 13.5. The zero-order valence-electron chi connectivity index (χ0n) is 18.1. The van der Waals surface area contributed by atoms with Gasteiger partial charge < -0.3 is 10.1 Å². The van der Waals surface area contributed by atoms with Crippen LogP contribution in [0.5, 0.6) is 5.88 Å². The lowest BCUT2D eigenvalue weighted by Gasteiger charge is -2.31. The molecular formula is C21H27ClF2N6O. The molecule has 1 aliphatic rings. The molecule has 0 spiro atoms. The van der Waals surface area contributed by atoms with Crippen molar-refractivity contribution in [3.63, 3.8) is 0 Å². The van der Waals surface area contributed by atoms with Crippen molar-refractivity contribution in [2.45, 2.75) is 65.0 Å². The Hall–Kier alpha value is -2.47. The molecule has 1 aliphatic carbocycles. The van der Waals surface area contributed by atoms with E-state index >= 15 is 0 Å². The number of hydrogen-bond donors (Lipinski definition) is 1. The van der Waals surface area contributed by atoms with E-state index in [0.717, 1.165) is 6.92 Å². The van der Waals surface area contributed by atoms with E-state index in [1.807, 2.05) is 6.92 Å². The van der Waals surface area contributed by atoms with E-state index in [2.05, 4.69) is 25.2 Å². The molecule has 0 aliphatic heterocycles. The summed E-state index contributed by atoms with van der Waals surface area (Å²) in [5.41, 5.74) is 0.562. The second-order valence-electron chi connectivity index (χ2n) is 8.64. The summed E-state index contributed by atoms with van der Waals surface area (Å²) in [7, 11) is 0. The molecule has 0 unspecified atom stereocenters. The fourth-order valence-corrected chi connectivity index (χ4v) is 3.73. The lowest BCUT2D eigenvalue weighted by atomic mass is 9.80. The normalized spacial score (nSPS) is 19.7. The number of halogens is 3. The van der Waals surface area contributed by atoms with Crippen LogP contribution in [0.1, 0.15) is 52.1 Å². The average Bonchev–Trinajstić information content (AvgIpc) is 3.09. The third kappa shape index (κ3) is 5.62. The van der Waals surface area contributed by atoms with Crippen LogP contribution >= 0.6 is 11.6 Å². The van der Waals surface area contributed by atoms with Crippen molar-refractivity contribution in [1.29, 1.82) is 0 Å². The molecule has 0 amide bonds. The number of anilines is 2. The summed E-state index contributed by atoms with van der Waals surface area (Å²) >= 11 is 6.19. The van der Waals surface area contributed by atoms with E-state index in [9.17, 15) is 8.78 Å². The summed E-state index contributed by atoms with van der Waals surface area (Å²) in [5, 5.41) is 7.75. The lowest BCUT2D eigenvalue weighted by Crippen LogP contribution is -2.30. The SMILES string of the molecule is [C-]#[N+]C(C)(C)n1cc(Nc2ncc(Cl)c(OCC3CCC(C(C)(F)F)CC3)n2)c(C)n1.